The predicted molar refractivity (Wildman–Crippen MR) is 115 cm³/mol. The van der Waals surface area contributed by atoms with Gasteiger partial charge in [-0.3, -0.25) is 4.79 Å². The van der Waals surface area contributed by atoms with Crippen molar-refractivity contribution in [3.8, 4) is 0 Å². The van der Waals surface area contributed by atoms with Crippen molar-refractivity contribution in [1.29, 1.82) is 0 Å². The lowest BCUT2D eigenvalue weighted by Gasteiger charge is -2.39. The zero-order chi connectivity index (χ0) is 22.4. The topological polar surface area (TPSA) is 81.1 Å². The van der Waals surface area contributed by atoms with Crippen LogP contribution in [0.5, 0.6) is 0 Å². The number of amides is 1. The first kappa shape index (κ1) is 22.9. The van der Waals surface area contributed by atoms with Gasteiger partial charge in [0.1, 0.15) is 11.6 Å². The maximum Gasteiger partial charge on any atom is 0.235 e. The Kier molecular flexibility index (Phi) is 6.18. The number of hydrogen-bond acceptors (Lipinski definition) is 3. The normalized spacial score (nSPS) is 26.7. The molecule has 0 aliphatic carbocycles. The van der Waals surface area contributed by atoms with E-state index in [-0.39, 0.29) is 26.6 Å². The summed E-state index contributed by atoms with van der Waals surface area (Å²) in [6, 6.07) is 7.02. The van der Waals surface area contributed by atoms with E-state index in [1.807, 2.05) is 20.8 Å². The summed E-state index contributed by atoms with van der Waals surface area (Å²) in [7, 11) is 0. The Labute approximate surface area is 184 Å². The molecule has 4 atom stereocenters. The average Bonchev–Trinajstić information content (AvgIpc) is 2.89. The molecule has 4 nitrogen and oxygen atoms in total. The van der Waals surface area contributed by atoms with Gasteiger partial charge in [-0.2, -0.15) is 0 Å². The van der Waals surface area contributed by atoms with Gasteiger partial charge in [-0.1, -0.05) is 62.2 Å². The molecule has 8 heteroatoms. The molecule has 3 rings (SSSR count). The minimum atomic E-state index is -1.49. The standard InChI is InChI=1S/C22H25Cl2F2N3O/c1-21(2,3)10-16-22(28,13-8-7-11(23)9-15(13)25)17(19(29-16)20(27)30)12-5-4-6-14(24)18(12)26/h4-9,16-17,19,29H,10,28H2,1-3H3,(H2,27,30). The molecule has 0 radical (unpaired) electrons. The first-order valence-corrected chi connectivity index (χ1v) is 10.4. The zero-order valence-corrected chi connectivity index (χ0v) is 18.5. The molecule has 1 aliphatic rings. The Balaban J connectivity index is 2.30. The minimum absolute atomic E-state index is 0.104. The van der Waals surface area contributed by atoms with Crippen LogP contribution in [0.2, 0.25) is 10.0 Å². The highest BCUT2D eigenvalue weighted by Gasteiger charge is 2.58. The maximum atomic E-state index is 15.1. The van der Waals surface area contributed by atoms with Crippen molar-refractivity contribution in [2.45, 2.75) is 50.7 Å². The monoisotopic (exact) mass is 455 g/mol. The minimum Gasteiger partial charge on any atom is -0.368 e. The second-order valence-electron chi connectivity index (χ2n) is 9.04. The van der Waals surface area contributed by atoms with Crippen LogP contribution in [0, 0.1) is 17.0 Å². The van der Waals surface area contributed by atoms with Crippen LogP contribution >= 0.6 is 23.2 Å². The lowest BCUT2D eigenvalue weighted by molar-refractivity contribution is -0.120. The first-order valence-electron chi connectivity index (χ1n) is 9.60. The fourth-order valence-electron chi connectivity index (χ4n) is 4.42. The van der Waals surface area contributed by atoms with Crippen molar-refractivity contribution in [3.63, 3.8) is 0 Å². The Morgan fingerprint density at radius 1 is 1.20 bits per heavy atom. The molecular formula is C22H25Cl2F2N3O. The van der Waals surface area contributed by atoms with Gasteiger partial charge in [-0.15, -0.1) is 0 Å². The van der Waals surface area contributed by atoms with Gasteiger partial charge in [0.05, 0.1) is 16.6 Å². The number of carbonyl (C=O) groups excluding carboxylic acids is 1. The highest BCUT2D eigenvalue weighted by molar-refractivity contribution is 6.31. The first-order chi connectivity index (χ1) is 13.9. The van der Waals surface area contributed by atoms with Crippen molar-refractivity contribution in [3.05, 3.63) is 69.2 Å². The van der Waals surface area contributed by atoms with Crippen LogP contribution in [-0.2, 0) is 10.3 Å². The van der Waals surface area contributed by atoms with E-state index in [4.69, 9.17) is 34.7 Å². The van der Waals surface area contributed by atoms with Crippen LogP contribution in [0.3, 0.4) is 0 Å². The van der Waals surface area contributed by atoms with Crippen LogP contribution in [0.1, 0.15) is 44.2 Å². The SMILES string of the molecule is CC(C)(C)CC1NC(C(N)=O)C(c2cccc(Cl)c2F)C1(N)c1ccc(Cl)cc1F. The Hall–Kier alpha value is -1.73. The summed E-state index contributed by atoms with van der Waals surface area (Å²) in [5.74, 6) is -3.04. The molecule has 1 heterocycles. The number of hydrogen-bond donors (Lipinski definition) is 3. The molecule has 1 saturated heterocycles. The van der Waals surface area contributed by atoms with E-state index in [0.717, 1.165) is 6.07 Å². The molecule has 1 aliphatic heterocycles. The van der Waals surface area contributed by atoms with Crippen LogP contribution in [-0.4, -0.2) is 18.0 Å². The summed E-state index contributed by atoms with van der Waals surface area (Å²) < 4.78 is 30.2. The third-order valence-electron chi connectivity index (χ3n) is 5.64. The maximum absolute atomic E-state index is 15.1. The quantitative estimate of drug-likeness (QED) is 0.635. The van der Waals surface area contributed by atoms with Crippen LogP contribution in [0.15, 0.2) is 36.4 Å². The van der Waals surface area contributed by atoms with E-state index in [9.17, 15) is 4.79 Å². The molecule has 5 N–H and O–H groups in total. The fraction of sp³-hybridized carbons (Fsp3) is 0.409. The third-order valence-corrected chi connectivity index (χ3v) is 6.17. The molecule has 0 saturated carbocycles. The van der Waals surface area contributed by atoms with Crippen molar-refractivity contribution >= 4 is 29.1 Å². The summed E-state index contributed by atoms with van der Waals surface area (Å²) in [4.78, 5) is 12.4. The molecule has 2 aromatic carbocycles. The van der Waals surface area contributed by atoms with E-state index in [1.54, 1.807) is 6.07 Å². The number of nitrogens with one attached hydrogen (secondary N) is 1. The number of rotatable bonds is 4. The molecule has 0 spiro atoms. The van der Waals surface area contributed by atoms with E-state index in [1.165, 1.54) is 24.3 Å². The molecule has 2 aromatic rings. The van der Waals surface area contributed by atoms with Gasteiger partial charge < -0.3 is 16.8 Å². The van der Waals surface area contributed by atoms with Gasteiger partial charge in [0.25, 0.3) is 0 Å². The number of benzene rings is 2. The average molecular weight is 456 g/mol. The van der Waals surface area contributed by atoms with Gasteiger partial charge in [-0.05, 0) is 35.6 Å². The van der Waals surface area contributed by atoms with Crippen molar-refractivity contribution in [2.24, 2.45) is 16.9 Å². The highest BCUT2D eigenvalue weighted by atomic mass is 35.5. The molecule has 1 amide bonds. The number of carbonyl (C=O) groups is 1. The lowest BCUT2D eigenvalue weighted by atomic mass is 9.68. The van der Waals surface area contributed by atoms with Gasteiger partial charge in [0.2, 0.25) is 5.91 Å². The molecule has 0 bridgehead atoms. The zero-order valence-electron chi connectivity index (χ0n) is 17.0. The van der Waals surface area contributed by atoms with E-state index >= 15 is 8.78 Å². The van der Waals surface area contributed by atoms with Gasteiger partial charge >= 0.3 is 0 Å². The van der Waals surface area contributed by atoms with Crippen LogP contribution in [0.25, 0.3) is 0 Å². The molecule has 0 aromatic heterocycles. The van der Waals surface area contributed by atoms with Gasteiger partial charge in [0.15, 0.2) is 0 Å². The Bertz CT molecular complexity index is 979. The van der Waals surface area contributed by atoms with Crippen LogP contribution < -0.4 is 16.8 Å². The highest BCUT2D eigenvalue weighted by Crippen LogP contribution is 2.49. The second kappa shape index (κ2) is 8.08. The smallest absolute Gasteiger partial charge is 0.235 e. The number of nitrogens with two attached hydrogens (primary N) is 2. The number of primary amides is 1. The second-order valence-corrected chi connectivity index (χ2v) is 9.89. The summed E-state index contributed by atoms with van der Waals surface area (Å²) in [5.41, 5.74) is 11.1. The van der Waals surface area contributed by atoms with Crippen LogP contribution in [0.4, 0.5) is 8.78 Å². The Morgan fingerprint density at radius 3 is 2.43 bits per heavy atom. The summed E-state index contributed by atoms with van der Waals surface area (Å²) in [6.07, 6.45) is 0.480. The largest absolute Gasteiger partial charge is 0.368 e. The lowest BCUT2D eigenvalue weighted by Crippen LogP contribution is -2.52. The van der Waals surface area contributed by atoms with Crippen molar-refractivity contribution in [1.82, 2.24) is 5.32 Å². The Morgan fingerprint density at radius 2 is 1.87 bits per heavy atom. The van der Waals surface area contributed by atoms with Crippen molar-refractivity contribution in [2.75, 3.05) is 0 Å². The molecule has 30 heavy (non-hydrogen) atoms. The summed E-state index contributed by atoms with van der Waals surface area (Å²) in [6.45, 7) is 6.00. The third kappa shape index (κ3) is 4.06. The van der Waals surface area contributed by atoms with Crippen molar-refractivity contribution < 1.29 is 13.6 Å². The molecule has 4 unspecified atom stereocenters. The molecule has 162 valence electrons. The van der Waals surface area contributed by atoms with E-state index in [0.29, 0.717) is 6.42 Å². The van der Waals surface area contributed by atoms with E-state index in [2.05, 4.69) is 5.32 Å². The van der Waals surface area contributed by atoms with Gasteiger partial charge in [-0.25, -0.2) is 8.78 Å². The molecule has 1 fully saturated rings. The van der Waals surface area contributed by atoms with Gasteiger partial charge in [0, 0.05) is 22.5 Å². The molecular weight excluding hydrogens is 431 g/mol. The summed E-state index contributed by atoms with van der Waals surface area (Å²) in [5, 5.41) is 3.25. The fourth-order valence-corrected chi connectivity index (χ4v) is 4.76. The predicted octanol–water partition coefficient (Wildman–Crippen LogP) is 4.47. The number of halogens is 4. The van der Waals surface area contributed by atoms with E-state index < -0.39 is 41.1 Å². The summed E-state index contributed by atoms with van der Waals surface area (Å²) >= 11 is 12.0.